The van der Waals surface area contributed by atoms with Crippen LogP contribution in [0.15, 0.2) is 65.5 Å². The maximum absolute atomic E-state index is 10.1. The Morgan fingerprint density at radius 1 is 1.19 bits per heavy atom. The van der Waals surface area contributed by atoms with Gasteiger partial charge in [0.25, 0.3) is 0 Å². The minimum absolute atomic E-state index is 0.106. The summed E-state index contributed by atoms with van der Waals surface area (Å²) in [5, 5.41) is 13.4. The molecule has 3 aromatic rings. The van der Waals surface area contributed by atoms with Crippen molar-refractivity contribution >= 4 is 0 Å². The van der Waals surface area contributed by atoms with Gasteiger partial charge in [0.2, 0.25) is 0 Å². The number of nitrogens with zero attached hydrogens (tertiary/aromatic N) is 1. The van der Waals surface area contributed by atoms with Crippen LogP contribution in [0.4, 0.5) is 0 Å². The van der Waals surface area contributed by atoms with E-state index in [-0.39, 0.29) is 6.04 Å². The van der Waals surface area contributed by atoms with Crippen molar-refractivity contribution in [1.82, 2.24) is 15.3 Å². The van der Waals surface area contributed by atoms with Crippen LogP contribution < -0.4 is 5.32 Å². The van der Waals surface area contributed by atoms with Gasteiger partial charge >= 0.3 is 0 Å². The van der Waals surface area contributed by atoms with Gasteiger partial charge in [0.05, 0.1) is 12.3 Å². The van der Waals surface area contributed by atoms with Gasteiger partial charge in [-0.25, -0.2) is 4.98 Å². The number of rotatable bonds is 6. The summed E-state index contributed by atoms with van der Waals surface area (Å²) >= 11 is 0. The first-order valence-electron chi connectivity index (χ1n) is 6.83. The number of furan rings is 1. The Morgan fingerprint density at radius 2 is 2.05 bits per heavy atom. The van der Waals surface area contributed by atoms with Crippen molar-refractivity contribution in [3.63, 3.8) is 0 Å². The Kier molecular flexibility index (Phi) is 4.14. The zero-order valence-electron chi connectivity index (χ0n) is 11.4. The van der Waals surface area contributed by atoms with Crippen LogP contribution >= 0.6 is 0 Å². The molecule has 0 bridgehead atoms. The van der Waals surface area contributed by atoms with Crippen LogP contribution in [-0.2, 0) is 0 Å². The maximum Gasteiger partial charge on any atom is 0.133 e. The molecule has 0 aliphatic heterocycles. The number of aromatic nitrogens is 2. The molecule has 0 aliphatic carbocycles. The summed E-state index contributed by atoms with van der Waals surface area (Å²) in [7, 11) is 0. The number of H-pyrrole nitrogens is 1. The highest BCUT2D eigenvalue weighted by Crippen LogP contribution is 2.20. The third-order valence-corrected chi connectivity index (χ3v) is 3.31. The smallest absolute Gasteiger partial charge is 0.133 e. The molecule has 0 fully saturated rings. The summed E-state index contributed by atoms with van der Waals surface area (Å²) in [6.45, 7) is 0.369. The number of aromatic amines is 1. The Bertz CT molecular complexity index is 635. The molecule has 2 aromatic heterocycles. The van der Waals surface area contributed by atoms with E-state index in [1.807, 2.05) is 30.3 Å². The van der Waals surface area contributed by atoms with Gasteiger partial charge in [0.1, 0.15) is 17.7 Å². The average molecular weight is 283 g/mol. The zero-order valence-corrected chi connectivity index (χ0v) is 11.4. The predicted octanol–water partition coefficient (Wildman–Crippen LogP) is 2.42. The summed E-state index contributed by atoms with van der Waals surface area (Å²) in [5.41, 5.74) is 1.08. The molecule has 0 amide bonds. The van der Waals surface area contributed by atoms with Gasteiger partial charge in [-0.3, -0.25) is 0 Å². The second-order valence-corrected chi connectivity index (χ2v) is 4.76. The highest BCUT2D eigenvalue weighted by atomic mass is 16.4. The van der Waals surface area contributed by atoms with Gasteiger partial charge in [-0.2, -0.15) is 0 Å². The second-order valence-electron chi connectivity index (χ2n) is 4.76. The molecule has 3 N–H and O–H groups in total. The molecule has 5 nitrogen and oxygen atoms in total. The van der Waals surface area contributed by atoms with Crippen molar-refractivity contribution in [2.24, 2.45) is 0 Å². The highest BCUT2D eigenvalue weighted by molar-refractivity contribution is 5.24. The van der Waals surface area contributed by atoms with Crippen molar-refractivity contribution in [3.8, 4) is 0 Å². The third kappa shape index (κ3) is 3.21. The van der Waals surface area contributed by atoms with Gasteiger partial charge in [-0.05, 0) is 17.7 Å². The number of imidazole rings is 1. The first-order valence-corrected chi connectivity index (χ1v) is 6.83. The van der Waals surface area contributed by atoms with E-state index in [0.29, 0.717) is 12.3 Å². The molecule has 21 heavy (non-hydrogen) atoms. The molecule has 5 heteroatoms. The van der Waals surface area contributed by atoms with Crippen molar-refractivity contribution in [1.29, 1.82) is 0 Å². The Balaban J connectivity index is 1.74. The summed E-state index contributed by atoms with van der Waals surface area (Å²) in [4.78, 5) is 7.43. The highest BCUT2D eigenvalue weighted by Gasteiger charge is 2.18. The van der Waals surface area contributed by atoms with Crippen molar-refractivity contribution in [3.05, 3.63) is 78.3 Å². The van der Waals surface area contributed by atoms with Crippen molar-refractivity contribution < 1.29 is 9.52 Å². The summed E-state index contributed by atoms with van der Waals surface area (Å²) < 4.78 is 5.21. The fraction of sp³-hybridized carbons (Fsp3) is 0.188. The Labute approximate surface area is 122 Å². The summed E-state index contributed by atoms with van der Waals surface area (Å²) in [6.07, 6.45) is 4.37. The van der Waals surface area contributed by atoms with Crippen molar-refractivity contribution in [2.45, 2.75) is 12.1 Å². The molecule has 2 atom stereocenters. The second kappa shape index (κ2) is 6.39. The molecule has 3 rings (SSSR count). The normalized spacial score (nSPS) is 14.0. The van der Waals surface area contributed by atoms with Gasteiger partial charge in [0.15, 0.2) is 0 Å². The standard InChI is InChI=1S/C16H17N3O2/c20-13(14-7-4-10-21-14)11-19-15(16-17-8-9-18-16)12-5-2-1-3-6-12/h1-10,13,15,19-20H,11H2,(H,17,18)/t13-,15+/m1/s1. The average Bonchev–Trinajstić information content (AvgIpc) is 3.22. The number of aliphatic hydroxyl groups is 1. The number of nitrogens with one attached hydrogen (secondary N) is 2. The first-order chi connectivity index (χ1) is 10.3. The zero-order chi connectivity index (χ0) is 14.5. The van der Waals surface area contributed by atoms with Crippen LogP contribution in [0.5, 0.6) is 0 Å². The molecule has 0 saturated carbocycles. The number of hydrogen-bond acceptors (Lipinski definition) is 4. The lowest BCUT2D eigenvalue weighted by Crippen LogP contribution is -2.28. The largest absolute Gasteiger partial charge is 0.467 e. The lowest BCUT2D eigenvalue weighted by atomic mass is 10.1. The molecule has 0 radical (unpaired) electrons. The minimum Gasteiger partial charge on any atom is -0.467 e. The van der Waals surface area contributed by atoms with Gasteiger partial charge in [-0.15, -0.1) is 0 Å². The molecular formula is C16H17N3O2. The van der Waals surface area contributed by atoms with Crippen LogP contribution in [0.1, 0.15) is 29.3 Å². The molecule has 108 valence electrons. The van der Waals surface area contributed by atoms with Crippen molar-refractivity contribution in [2.75, 3.05) is 6.54 Å². The number of aliphatic hydroxyl groups excluding tert-OH is 1. The Hall–Kier alpha value is -2.37. The molecule has 1 aromatic carbocycles. The van der Waals surface area contributed by atoms with Crippen LogP contribution in [0.3, 0.4) is 0 Å². The van der Waals surface area contributed by atoms with Gasteiger partial charge in [-0.1, -0.05) is 30.3 Å². The fourth-order valence-electron chi connectivity index (χ4n) is 2.26. The monoisotopic (exact) mass is 283 g/mol. The molecule has 0 saturated heterocycles. The van der Waals surface area contributed by atoms with Gasteiger partial charge < -0.3 is 19.8 Å². The fourth-order valence-corrected chi connectivity index (χ4v) is 2.26. The van der Waals surface area contributed by atoms with E-state index in [9.17, 15) is 5.11 Å². The van der Waals surface area contributed by atoms with E-state index >= 15 is 0 Å². The van der Waals surface area contributed by atoms with E-state index in [0.717, 1.165) is 11.4 Å². The minimum atomic E-state index is -0.693. The maximum atomic E-state index is 10.1. The topological polar surface area (TPSA) is 74.1 Å². The van der Waals surface area contributed by atoms with E-state index in [1.165, 1.54) is 0 Å². The van der Waals surface area contributed by atoms with E-state index < -0.39 is 6.10 Å². The summed E-state index contributed by atoms with van der Waals surface area (Å²) in [5.74, 6) is 1.36. The van der Waals surface area contributed by atoms with Crippen LogP contribution in [-0.4, -0.2) is 21.6 Å². The van der Waals surface area contributed by atoms with E-state index in [1.54, 1.807) is 30.8 Å². The number of benzene rings is 1. The van der Waals surface area contributed by atoms with E-state index in [4.69, 9.17) is 4.42 Å². The molecule has 0 spiro atoms. The van der Waals surface area contributed by atoms with Crippen LogP contribution in [0, 0.1) is 0 Å². The Morgan fingerprint density at radius 3 is 2.71 bits per heavy atom. The number of hydrogen-bond donors (Lipinski definition) is 3. The summed E-state index contributed by atoms with van der Waals surface area (Å²) in [6, 6.07) is 13.4. The molecule has 2 heterocycles. The predicted molar refractivity (Wildman–Crippen MR) is 78.5 cm³/mol. The SMILES string of the molecule is O[C@H](CN[C@@H](c1ccccc1)c1ncc[nH]1)c1ccco1. The molecule has 0 unspecified atom stereocenters. The molecular weight excluding hydrogens is 266 g/mol. The van der Waals surface area contributed by atoms with Gasteiger partial charge in [0, 0.05) is 18.9 Å². The lowest BCUT2D eigenvalue weighted by molar-refractivity contribution is 0.144. The van der Waals surface area contributed by atoms with Crippen LogP contribution in [0.2, 0.25) is 0 Å². The quantitative estimate of drug-likeness (QED) is 0.649. The van der Waals surface area contributed by atoms with Crippen LogP contribution in [0.25, 0.3) is 0 Å². The third-order valence-electron chi connectivity index (χ3n) is 3.31. The van der Waals surface area contributed by atoms with E-state index in [2.05, 4.69) is 15.3 Å². The lowest BCUT2D eigenvalue weighted by Gasteiger charge is -2.19. The molecule has 0 aliphatic rings. The first kappa shape index (κ1) is 13.6.